The lowest BCUT2D eigenvalue weighted by Crippen LogP contribution is -2.65. The van der Waals surface area contributed by atoms with Crippen molar-refractivity contribution in [3.05, 3.63) is 35.9 Å². The van der Waals surface area contributed by atoms with Crippen LogP contribution in [0, 0.1) is 46.3 Å². The molecule has 1 heterocycles. The van der Waals surface area contributed by atoms with E-state index in [4.69, 9.17) is 29.0 Å². The molecular weight excluding hydrogens is 674 g/mol. The van der Waals surface area contributed by atoms with Gasteiger partial charge in [0.25, 0.3) is 0 Å². The summed E-state index contributed by atoms with van der Waals surface area (Å²) in [6, 6.07) is 10.7. The highest BCUT2D eigenvalue weighted by Gasteiger charge is 2.69. The fraction of sp³-hybridized carbons (Fsp3) is 0.791. The molecule has 1 aliphatic heterocycles. The van der Waals surface area contributed by atoms with E-state index in [0.29, 0.717) is 50.9 Å². The molecule has 5 saturated carbocycles. The summed E-state index contributed by atoms with van der Waals surface area (Å²) in [6.07, 6.45) is 9.32. The molecule has 1 amide bonds. The first-order chi connectivity index (χ1) is 25.2. The largest absolute Gasteiger partial charge is 0.462 e. The average Bonchev–Trinajstić information content (AvgIpc) is 3.48. The van der Waals surface area contributed by atoms with Gasteiger partial charge in [-0.2, -0.15) is 19.6 Å². The molecule has 53 heavy (non-hydrogen) atoms. The molecule has 7 rings (SSSR count). The van der Waals surface area contributed by atoms with Gasteiger partial charge < -0.3 is 14.8 Å². The van der Waals surface area contributed by atoms with Crippen molar-refractivity contribution in [3.63, 3.8) is 0 Å². The van der Waals surface area contributed by atoms with E-state index in [1.807, 2.05) is 19.9 Å². The van der Waals surface area contributed by atoms with Crippen LogP contribution in [0.2, 0.25) is 0 Å². The third-order valence-corrected chi connectivity index (χ3v) is 15.1. The molecule has 6 fully saturated rings. The molecule has 10 nitrogen and oxygen atoms in total. The van der Waals surface area contributed by atoms with Gasteiger partial charge in [0.15, 0.2) is 0 Å². The number of hydrogen-bond donors (Lipinski definition) is 1. The van der Waals surface area contributed by atoms with Crippen molar-refractivity contribution in [1.29, 1.82) is 0 Å². The zero-order valence-corrected chi connectivity index (χ0v) is 33.0. The summed E-state index contributed by atoms with van der Waals surface area (Å²) in [5.74, 6) is -0.776. The molecule has 1 aromatic carbocycles. The third kappa shape index (κ3) is 7.31. The minimum Gasteiger partial charge on any atom is -0.462 e. The molecule has 294 valence electrons. The predicted octanol–water partition coefficient (Wildman–Crippen LogP) is 8.33. The molecule has 2 spiro atoms. The number of carbonyl (C=O) groups excluding carboxylic acids is 3. The third-order valence-electron chi connectivity index (χ3n) is 15.1. The lowest BCUT2D eigenvalue weighted by molar-refractivity contribution is -0.665. The average molecular weight is 738 g/mol. The van der Waals surface area contributed by atoms with Gasteiger partial charge in [0.1, 0.15) is 12.2 Å². The van der Waals surface area contributed by atoms with Crippen LogP contribution in [0.1, 0.15) is 143 Å². The van der Waals surface area contributed by atoms with Crippen molar-refractivity contribution < 1.29 is 43.4 Å². The molecule has 10 atom stereocenters. The van der Waals surface area contributed by atoms with E-state index in [1.165, 1.54) is 19.4 Å². The maximum absolute atomic E-state index is 12.8. The van der Waals surface area contributed by atoms with Gasteiger partial charge in [0.05, 0.1) is 0 Å². The number of carbonyl (C=O) groups is 3. The Morgan fingerprint density at radius 2 is 1.47 bits per heavy atom. The van der Waals surface area contributed by atoms with Crippen molar-refractivity contribution in [2.45, 2.75) is 168 Å². The van der Waals surface area contributed by atoms with E-state index in [0.717, 1.165) is 38.5 Å². The van der Waals surface area contributed by atoms with Crippen LogP contribution < -0.4 is 5.32 Å². The van der Waals surface area contributed by atoms with Crippen LogP contribution in [0.5, 0.6) is 0 Å². The fourth-order valence-electron chi connectivity index (χ4n) is 12.5. The Hall–Kier alpha value is -2.53. The number of amides is 1. The Balaban J connectivity index is 1.09. The van der Waals surface area contributed by atoms with E-state index < -0.39 is 11.6 Å². The van der Waals surface area contributed by atoms with Gasteiger partial charge in [0.2, 0.25) is 17.5 Å². The van der Waals surface area contributed by atoms with Crippen LogP contribution in [0.25, 0.3) is 0 Å². The summed E-state index contributed by atoms with van der Waals surface area (Å²) in [6.45, 7) is 14.0. The minimum atomic E-state index is -1.03. The number of rotatable bonds is 8. The van der Waals surface area contributed by atoms with Gasteiger partial charge >= 0.3 is 11.9 Å². The molecule has 1 saturated heterocycles. The Bertz CT molecular complexity index is 1480. The Morgan fingerprint density at radius 3 is 2.11 bits per heavy atom. The SMILES string of the molecule is CC(=O)OC1C[C@@H]2CC3(CC[C@]2(C)C2C[C@H](OC(C)=O)[C@@]4(C)C(CC[C@@H]4C(C)CCC(=O)NC(C)C)C12)OOC1(CCC(c2ccccc2)CC1)OO3. The molecule has 0 aromatic heterocycles. The first-order valence-corrected chi connectivity index (χ1v) is 20.6. The smallest absolute Gasteiger partial charge is 0.302 e. The fourth-order valence-corrected chi connectivity index (χ4v) is 12.5. The van der Waals surface area contributed by atoms with Gasteiger partial charge in [0, 0.05) is 63.3 Å². The molecule has 0 radical (unpaired) electrons. The van der Waals surface area contributed by atoms with Crippen molar-refractivity contribution in [3.8, 4) is 0 Å². The lowest BCUT2D eigenvalue weighted by atomic mass is 9.42. The Kier molecular flexibility index (Phi) is 10.9. The molecule has 5 aliphatic carbocycles. The Morgan fingerprint density at radius 1 is 0.811 bits per heavy atom. The molecule has 0 bridgehead atoms. The van der Waals surface area contributed by atoms with Gasteiger partial charge in [-0.25, -0.2) is 0 Å². The number of nitrogens with one attached hydrogen (secondary N) is 1. The quantitative estimate of drug-likeness (QED) is 0.208. The van der Waals surface area contributed by atoms with Crippen LogP contribution in [0.3, 0.4) is 0 Å². The predicted molar refractivity (Wildman–Crippen MR) is 196 cm³/mol. The lowest BCUT2D eigenvalue weighted by Gasteiger charge is -2.65. The van der Waals surface area contributed by atoms with Crippen LogP contribution in [0.4, 0.5) is 0 Å². The van der Waals surface area contributed by atoms with Gasteiger partial charge in [-0.05, 0) is 112 Å². The van der Waals surface area contributed by atoms with Crippen LogP contribution >= 0.6 is 0 Å². The van der Waals surface area contributed by atoms with E-state index in [1.54, 1.807) is 0 Å². The summed E-state index contributed by atoms with van der Waals surface area (Å²) in [7, 11) is 0. The monoisotopic (exact) mass is 737 g/mol. The van der Waals surface area contributed by atoms with E-state index in [9.17, 15) is 14.4 Å². The summed E-state index contributed by atoms with van der Waals surface area (Å²) in [4.78, 5) is 63.2. The van der Waals surface area contributed by atoms with Crippen molar-refractivity contribution in [2.75, 3.05) is 0 Å². The van der Waals surface area contributed by atoms with Gasteiger partial charge in [-0.1, -0.05) is 51.1 Å². The first kappa shape index (κ1) is 38.7. The zero-order valence-electron chi connectivity index (χ0n) is 33.0. The Labute approximate surface area is 315 Å². The molecular formula is C43H63NO9. The maximum atomic E-state index is 12.8. The van der Waals surface area contributed by atoms with Crippen molar-refractivity contribution in [1.82, 2.24) is 5.32 Å². The van der Waals surface area contributed by atoms with Crippen molar-refractivity contribution >= 4 is 17.8 Å². The van der Waals surface area contributed by atoms with Crippen LogP contribution in [-0.4, -0.2) is 47.7 Å². The second kappa shape index (κ2) is 14.8. The van der Waals surface area contributed by atoms with E-state index in [-0.39, 0.29) is 82.4 Å². The number of ether oxygens (including phenoxy) is 2. The summed E-state index contributed by atoms with van der Waals surface area (Å²) in [5, 5.41) is 3.03. The topological polar surface area (TPSA) is 119 Å². The van der Waals surface area contributed by atoms with E-state index >= 15 is 0 Å². The molecule has 6 aliphatic rings. The molecule has 1 N–H and O–H groups in total. The standard InChI is InChI=1S/C43H63NO9/c1-26(2)44-38(47)16-13-27(3)33-14-15-34-39-35(24-37(41(33,34)7)49-29(5)46)40(6)21-22-43(25-32(40)23-36(39)48-28(4)45)52-50-42(51-53-43)19-17-31(18-20-42)30-11-9-8-10-12-30/h8-12,26-27,31-37,39H,13-25H2,1-7H3,(H,44,47)/t27?,31?,32-,33-,34?,35?,36?,37+,39?,40+,41-,42?,43?/m1/s1. The zero-order chi connectivity index (χ0) is 37.8. The normalized spacial score (nSPS) is 42.6. The number of fused-ring (bicyclic) bond motifs is 5. The second-order valence-electron chi connectivity index (χ2n) is 18.5. The van der Waals surface area contributed by atoms with Crippen LogP contribution in [-0.2, 0) is 43.4 Å². The van der Waals surface area contributed by atoms with E-state index in [2.05, 4.69) is 50.4 Å². The summed E-state index contributed by atoms with van der Waals surface area (Å²) >= 11 is 0. The highest BCUT2D eigenvalue weighted by molar-refractivity contribution is 5.76. The number of benzene rings is 1. The molecule has 5 unspecified atom stereocenters. The molecule has 10 heteroatoms. The number of esters is 2. The van der Waals surface area contributed by atoms with Crippen LogP contribution in [0.15, 0.2) is 30.3 Å². The maximum Gasteiger partial charge on any atom is 0.302 e. The number of hydrogen-bond acceptors (Lipinski definition) is 9. The highest BCUT2D eigenvalue weighted by atomic mass is 17.4. The highest BCUT2D eigenvalue weighted by Crippen LogP contribution is 2.70. The molecule has 1 aromatic rings. The second-order valence-corrected chi connectivity index (χ2v) is 18.5. The summed E-state index contributed by atoms with van der Waals surface area (Å²) in [5.41, 5.74) is 0.915. The van der Waals surface area contributed by atoms with Gasteiger partial charge in [-0.3, -0.25) is 14.4 Å². The minimum absolute atomic E-state index is 0.0790. The van der Waals surface area contributed by atoms with Gasteiger partial charge in [-0.15, -0.1) is 0 Å². The van der Waals surface area contributed by atoms with Crippen molar-refractivity contribution in [2.24, 2.45) is 46.3 Å². The summed E-state index contributed by atoms with van der Waals surface area (Å²) < 4.78 is 12.7. The first-order valence-electron chi connectivity index (χ1n) is 20.6.